The number of nitrogens with zero attached hydrogens (tertiary/aromatic N) is 1. The first-order valence-corrected chi connectivity index (χ1v) is 11.4. The molecule has 6 nitrogen and oxygen atoms in total. The Morgan fingerprint density at radius 2 is 1.91 bits per heavy atom. The molecule has 0 fully saturated rings. The first-order valence-electron chi connectivity index (χ1n) is 11.4. The molecule has 1 unspecified atom stereocenters. The minimum atomic E-state index is -0.358. The zero-order valence-corrected chi connectivity index (χ0v) is 19.0. The Balaban J connectivity index is 1.71. The number of hydrogen-bond acceptors (Lipinski definition) is 4. The van der Waals surface area contributed by atoms with Crippen LogP contribution in [0.3, 0.4) is 0 Å². The van der Waals surface area contributed by atoms with E-state index in [4.69, 9.17) is 4.74 Å². The van der Waals surface area contributed by atoms with E-state index in [2.05, 4.69) is 45.6 Å². The number of rotatable bonds is 13. The summed E-state index contributed by atoms with van der Waals surface area (Å²) in [5, 5.41) is 5.30. The molecule has 3 rings (SSSR count). The van der Waals surface area contributed by atoms with E-state index in [1.165, 1.54) is 5.39 Å². The number of fused-ring (bicyclic) bond motifs is 1. The third-order valence-corrected chi connectivity index (χ3v) is 5.75. The number of aromatic amines is 1. The maximum atomic E-state index is 12.9. The quantitative estimate of drug-likeness (QED) is 0.370. The number of H-pyrrole nitrogens is 1. The van der Waals surface area contributed by atoms with Gasteiger partial charge in [-0.1, -0.05) is 56.2 Å². The summed E-state index contributed by atoms with van der Waals surface area (Å²) in [6, 6.07) is 14.5. The molecular weight excluding hydrogens is 402 g/mol. The number of nitrogens with one attached hydrogen (secondary N) is 2. The zero-order valence-electron chi connectivity index (χ0n) is 19.0. The Kier molecular flexibility index (Phi) is 8.99. The van der Waals surface area contributed by atoms with E-state index in [9.17, 15) is 9.59 Å². The van der Waals surface area contributed by atoms with Crippen LogP contribution in [0.4, 0.5) is 0 Å². The smallest absolute Gasteiger partial charge is 0.230 e. The molecule has 170 valence electrons. The third-order valence-electron chi connectivity index (χ3n) is 5.75. The van der Waals surface area contributed by atoms with Crippen molar-refractivity contribution in [2.45, 2.75) is 51.4 Å². The van der Waals surface area contributed by atoms with E-state index in [-0.39, 0.29) is 11.8 Å². The molecule has 0 saturated carbocycles. The second-order valence-corrected chi connectivity index (χ2v) is 8.07. The lowest BCUT2D eigenvalue weighted by Gasteiger charge is -2.15. The van der Waals surface area contributed by atoms with Crippen molar-refractivity contribution in [3.8, 4) is 11.3 Å². The molecule has 0 spiro atoms. The Morgan fingerprint density at radius 1 is 1.09 bits per heavy atom. The molecule has 2 aromatic carbocycles. The lowest BCUT2D eigenvalue weighted by Crippen LogP contribution is -2.32. The van der Waals surface area contributed by atoms with Crippen molar-refractivity contribution in [1.29, 1.82) is 0 Å². The maximum absolute atomic E-state index is 12.9. The van der Waals surface area contributed by atoms with Crippen molar-refractivity contribution in [3.63, 3.8) is 0 Å². The first kappa shape index (κ1) is 23.7. The fourth-order valence-corrected chi connectivity index (χ4v) is 3.83. The predicted octanol–water partition coefficient (Wildman–Crippen LogP) is 5.01. The summed E-state index contributed by atoms with van der Waals surface area (Å²) < 4.78 is 5.05. The summed E-state index contributed by atoms with van der Waals surface area (Å²) in [5.74, 6) is 0.562. The van der Waals surface area contributed by atoms with Gasteiger partial charge in [-0.15, -0.1) is 0 Å². The molecule has 6 heteroatoms. The number of carbonyl (C=O) groups is 2. The molecule has 0 saturated heterocycles. The van der Waals surface area contributed by atoms with Crippen molar-refractivity contribution in [2.75, 3.05) is 20.3 Å². The van der Waals surface area contributed by atoms with Crippen LogP contribution in [-0.4, -0.2) is 41.9 Å². The van der Waals surface area contributed by atoms with Gasteiger partial charge < -0.3 is 15.0 Å². The molecule has 1 heterocycles. The molecular formula is C26H33N3O3. The van der Waals surface area contributed by atoms with Crippen LogP contribution in [0.1, 0.15) is 57.2 Å². The van der Waals surface area contributed by atoms with Gasteiger partial charge in [0.2, 0.25) is 5.91 Å². The van der Waals surface area contributed by atoms with Crippen LogP contribution in [0.2, 0.25) is 0 Å². The highest BCUT2D eigenvalue weighted by Crippen LogP contribution is 2.27. The van der Waals surface area contributed by atoms with Crippen LogP contribution in [-0.2, 0) is 14.3 Å². The van der Waals surface area contributed by atoms with E-state index in [0.29, 0.717) is 44.0 Å². The fraction of sp³-hybridized carbons (Fsp3) is 0.423. The van der Waals surface area contributed by atoms with Gasteiger partial charge >= 0.3 is 0 Å². The number of methoxy groups -OCH3 is 1. The van der Waals surface area contributed by atoms with Crippen LogP contribution in [0.5, 0.6) is 0 Å². The summed E-state index contributed by atoms with van der Waals surface area (Å²) in [7, 11) is 1.61. The molecule has 1 amide bonds. The van der Waals surface area contributed by atoms with E-state index in [1.54, 1.807) is 13.3 Å². The summed E-state index contributed by atoms with van der Waals surface area (Å²) in [6.45, 7) is 2.83. The predicted molar refractivity (Wildman–Crippen MR) is 128 cm³/mol. The summed E-state index contributed by atoms with van der Waals surface area (Å²) >= 11 is 0. The van der Waals surface area contributed by atoms with Crippen LogP contribution in [0.15, 0.2) is 48.7 Å². The highest BCUT2D eigenvalue weighted by Gasteiger charge is 2.23. The average Bonchev–Trinajstić information content (AvgIpc) is 3.30. The number of aromatic nitrogens is 2. The van der Waals surface area contributed by atoms with Crippen LogP contribution in [0, 0.1) is 0 Å². The van der Waals surface area contributed by atoms with E-state index < -0.39 is 0 Å². The van der Waals surface area contributed by atoms with Crippen molar-refractivity contribution >= 4 is 22.5 Å². The largest absolute Gasteiger partial charge is 0.383 e. The number of benzene rings is 2. The second kappa shape index (κ2) is 12.2. The summed E-state index contributed by atoms with van der Waals surface area (Å²) in [5.41, 5.74) is 1.94. The number of amides is 1. The van der Waals surface area contributed by atoms with Crippen molar-refractivity contribution in [3.05, 3.63) is 54.5 Å². The molecule has 1 atom stereocenters. The van der Waals surface area contributed by atoms with Crippen molar-refractivity contribution < 1.29 is 14.3 Å². The maximum Gasteiger partial charge on any atom is 0.230 e. The Morgan fingerprint density at radius 3 is 2.69 bits per heavy atom. The van der Waals surface area contributed by atoms with Crippen molar-refractivity contribution in [2.24, 2.45) is 0 Å². The Bertz CT molecular complexity index is 1030. The standard InChI is InChI=1S/C26H33N3O3/c1-3-22(30)11-5-4-6-12-23(26(31)27-15-16-32-2)25-28-18-24(29-25)21-14-13-19-9-7-8-10-20(19)17-21/h7-10,13-14,17-18,23H,3-6,11-12,15-16H2,1-2H3,(H,27,31)(H,28,29). The third kappa shape index (κ3) is 6.50. The van der Waals surface area contributed by atoms with E-state index in [0.717, 1.165) is 35.9 Å². The minimum Gasteiger partial charge on any atom is -0.383 e. The lowest BCUT2D eigenvalue weighted by atomic mass is 9.98. The molecule has 1 aromatic heterocycles. The van der Waals surface area contributed by atoms with E-state index >= 15 is 0 Å². The zero-order chi connectivity index (χ0) is 22.8. The van der Waals surface area contributed by atoms with Gasteiger partial charge in [-0.2, -0.15) is 0 Å². The molecule has 0 aliphatic rings. The number of imidazole rings is 1. The van der Waals surface area contributed by atoms with E-state index in [1.807, 2.05) is 19.1 Å². The monoisotopic (exact) mass is 435 g/mol. The highest BCUT2D eigenvalue weighted by atomic mass is 16.5. The van der Waals surface area contributed by atoms with Gasteiger partial charge in [-0.05, 0) is 29.7 Å². The van der Waals surface area contributed by atoms with Gasteiger partial charge in [0.25, 0.3) is 0 Å². The summed E-state index contributed by atoms with van der Waals surface area (Å²) in [6.07, 6.45) is 6.35. The molecule has 0 aliphatic carbocycles. The number of ketones is 1. The topological polar surface area (TPSA) is 84.1 Å². The molecule has 0 radical (unpaired) electrons. The van der Waals surface area contributed by atoms with Gasteiger partial charge in [0.15, 0.2) is 0 Å². The van der Waals surface area contributed by atoms with Gasteiger partial charge in [0, 0.05) is 32.1 Å². The SMILES string of the molecule is CCC(=O)CCCCCC(C(=O)NCCOC)c1ncc(-c2ccc3ccccc3c2)[nH]1. The van der Waals surface area contributed by atoms with Crippen molar-refractivity contribution in [1.82, 2.24) is 15.3 Å². The fourth-order valence-electron chi connectivity index (χ4n) is 3.83. The number of Topliss-reactive ketones (excluding diaryl/α,β-unsaturated/α-hetero) is 1. The minimum absolute atomic E-state index is 0.0499. The molecule has 0 bridgehead atoms. The number of ether oxygens (including phenoxy) is 1. The second-order valence-electron chi connectivity index (χ2n) is 8.07. The normalized spacial score (nSPS) is 12.1. The lowest BCUT2D eigenvalue weighted by molar-refractivity contribution is -0.123. The van der Waals surface area contributed by atoms with Gasteiger partial charge in [0.05, 0.1) is 24.4 Å². The van der Waals surface area contributed by atoms with Crippen LogP contribution in [0.25, 0.3) is 22.0 Å². The molecule has 3 aromatic rings. The molecule has 2 N–H and O–H groups in total. The van der Waals surface area contributed by atoms with Gasteiger partial charge in [0.1, 0.15) is 11.6 Å². The number of carbonyl (C=O) groups excluding carboxylic acids is 2. The van der Waals surface area contributed by atoms with Crippen LogP contribution >= 0.6 is 0 Å². The Hall–Kier alpha value is -2.99. The molecule has 32 heavy (non-hydrogen) atoms. The summed E-state index contributed by atoms with van der Waals surface area (Å²) in [4.78, 5) is 32.3. The van der Waals surface area contributed by atoms with Gasteiger partial charge in [-0.3, -0.25) is 9.59 Å². The average molecular weight is 436 g/mol. The number of hydrogen-bond donors (Lipinski definition) is 2. The van der Waals surface area contributed by atoms with Crippen LogP contribution < -0.4 is 5.32 Å². The highest BCUT2D eigenvalue weighted by molar-refractivity contribution is 5.87. The molecule has 0 aliphatic heterocycles. The Labute approximate surface area is 189 Å². The first-order chi connectivity index (χ1) is 15.6. The van der Waals surface area contributed by atoms with Gasteiger partial charge in [-0.25, -0.2) is 4.98 Å². The number of unbranched alkanes of at least 4 members (excludes halogenated alkanes) is 2.